The molecule has 2 unspecified atom stereocenters. The maximum absolute atomic E-state index is 14.1. The first-order valence-corrected chi connectivity index (χ1v) is 31.6. The highest BCUT2D eigenvalue weighted by Gasteiger charge is 2.50. The summed E-state index contributed by atoms with van der Waals surface area (Å²) in [4.78, 5) is 0.314. The number of methoxy groups -OCH3 is 1. The van der Waals surface area contributed by atoms with Crippen LogP contribution in [0.15, 0.2) is 47.4 Å². The first kappa shape index (κ1) is 49.7. The van der Waals surface area contributed by atoms with Crippen LogP contribution in [0.25, 0.3) is 0 Å². The monoisotopic (exact) mass is 855 g/mol. The van der Waals surface area contributed by atoms with Gasteiger partial charge in [-0.1, -0.05) is 94.0 Å². The molecule has 0 N–H and O–H groups in total. The van der Waals surface area contributed by atoms with E-state index in [0.29, 0.717) is 24.3 Å². The van der Waals surface area contributed by atoms with Crippen molar-refractivity contribution in [3.63, 3.8) is 0 Å². The van der Waals surface area contributed by atoms with Crippen molar-refractivity contribution in [2.45, 2.75) is 197 Å². The lowest BCUT2D eigenvalue weighted by Crippen LogP contribution is -2.49. The predicted octanol–water partition coefficient (Wildman–Crippen LogP) is 11.2. The molecule has 1 aromatic rings. The third-order valence-electron chi connectivity index (χ3n) is 14.1. The number of sulfone groups is 1. The molecular formula is C44H82O8SSi3. The Balaban J connectivity index is 1.92. The lowest BCUT2D eigenvalue weighted by Gasteiger charge is -2.42. The number of ether oxygens (including phenoxy) is 3. The van der Waals surface area contributed by atoms with Gasteiger partial charge in [-0.05, 0) is 97.3 Å². The summed E-state index contributed by atoms with van der Waals surface area (Å²) in [6.45, 7) is 37.4. The lowest BCUT2D eigenvalue weighted by atomic mass is 9.83. The molecular weight excluding hydrogens is 773 g/mol. The summed E-state index contributed by atoms with van der Waals surface area (Å²) in [6.07, 6.45) is 2.22. The van der Waals surface area contributed by atoms with E-state index >= 15 is 0 Å². The van der Waals surface area contributed by atoms with E-state index in [2.05, 4.69) is 102 Å². The minimum Gasteiger partial charge on any atom is -0.417 e. The standard InChI is InChI=1S/C44H82O8SSi3/c1-17-56(18-2,19-3)48-27-23-24-35-28-33(4)34(5)39(50-35)30-40-38(32-53(45,46)37-25-21-20-22-26-37)42(47-12)41(51-40)29-36(52-55(15,16)44(9,10)11)31-49-54(13,14)43(6,7)8/h20-22,25-26,33,35-36,38-42H,5,17-19,23-24,27-32H2,1-4,6-16H3/t33-,35+,36+,38?,39?,40+,41-,42-/m1/s1. The third kappa shape index (κ3) is 12.9. The summed E-state index contributed by atoms with van der Waals surface area (Å²) in [5.41, 5.74) is 1.06. The normalized spacial score (nSPS) is 26.5. The first-order chi connectivity index (χ1) is 25.9. The molecule has 1 aromatic carbocycles. The maximum atomic E-state index is 14.1. The summed E-state index contributed by atoms with van der Waals surface area (Å²) in [5, 5.41) is 0.0477. The number of hydrogen-bond acceptors (Lipinski definition) is 8. The summed E-state index contributed by atoms with van der Waals surface area (Å²) in [6, 6.07) is 12.2. The van der Waals surface area contributed by atoms with Gasteiger partial charge in [0, 0.05) is 32.5 Å². The van der Waals surface area contributed by atoms with E-state index in [1.165, 1.54) is 0 Å². The van der Waals surface area contributed by atoms with Crippen molar-refractivity contribution in [3.8, 4) is 0 Å². The summed E-state index contributed by atoms with van der Waals surface area (Å²) < 4.78 is 68.9. The topological polar surface area (TPSA) is 89.5 Å². The highest BCUT2D eigenvalue weighted by molar-refractivity contribution is 7.91. The largest absolute Gasteiger partial charge is 0.417 e. The molecule has 0 spiro atoms. The molecule has 3 rings (SSSR count). The quantitative estimate of drug-likeness (QED) is 0.0686. The van der Waals surface area contributed by atoms with Gasteiger partial charge in [0.25, 0.3) is 0 Å². The van der Waals surface area contributed by atoms with E-state index in [4.69, 9.17) is 27.5 Å². The van der Waals surface area contributed by atoms with Crippen molar-refractivity contribution in [3.05, 3.63) is 42.5 Å². The Morgan fingerprint density at radius 1 is 0.875 bits per heavy atom. The van der Waals surface area contributed by atoms with Gasteiger partial charge in [-0.3, -0.25) is 0 Å². The van der Waals surface area contributed by atoms with E-state index in [9.17, 15) is 8.42 Å². The molecule has 8 atom stereocenters. The zero-order chi connectivity index (χ0) is 42.3. The highest BCUT2D eigenvalue weighted by Crippen LogP contribution is 2.43. The van der Waals surface area contributed by atoms with Crippen molar-refractivity contribution in [1.82, 2.24) is 0 Å². The van der Waals surface area contributed by atoms with E-state index in [0.717, 1.165) is 49.6 Å². The van der Waals surface area contributed by atoms with Crippen LogP contribution in [0.5, 0.6) is 0 Å². The molecule has 2 aliphatic rings. The molecule has 0 radical (unpaired) electrons. The summed E-state index contributed by atoms with van der Waals surface area (Å²) in [7, 11) is -7.92. The van der Waals surface area contributed by atoms with Crippen molar-refractivity contribution in [2.75, 3.05) is 26.1 Å². The van der Waals surface area contributed by atoms with Crippen LogP contribution in [0.4, 0.5) is 0 Å². The fourth-order valence-corrected chi connectivity index (χ4v) is 14.6. The van der Waals surface area contributed by atoms with Crippen LogP contribution in [0.1, 0.15) is 101 Å². The van der Waals surface area contributed by atoms with E-state index in [1.807, 2.05) is 6.07 Å². The molecule has 0 saturated carbocycles. The van der Waals surface area contributed by atoms with Crippen LogP contribution in [-0.4, -0.2) is 96.1 Å². The number of hydrogen-bond donors (Lipinski definition) is 0. The predicted molar refractivity (Wildman–Crippen MR) is 240 cm³/mol. The van der Waals surface area contributed by atoms with Gasteiger partial charge in [-0.2, -0.15) is 0 Å². The van der Waals surface area contributed by atoms with Gasteiger partial charge in [-0.15, -0.1) is 0 Å². The van der Waals surface area contributed by atoms with Gasteiger partial charge in [-0.25, -0.2) is 8.42 Å². The molecule has 0 aromatic heterocycles. The first-order valence-electron chi connectivity index (χ1n) is 21.6. The molecule has 2 fully saturated rings. The molecule has 2 aliphatic heterocycles. The molecule has 56 heavy (non-hydrogen) atoms. The van der Waals surface area contributed by atoms with Crippen LogP contribution in [-0.2, 0) is 37.3 Å². The number of rotatable bonds is 21. The van der Waals surface area contributed by atoms with Gasteiger partial charge in [0.05, 0.1) is 53.9 Å². The Morgan fingerprint density at radius 3 is 2.00 bits per heavy atom. The van der Waals surface area contributed by atoms with E-state index in [-0.39, 0.29) is 46.2 Å². The van der Waals surface area contributed by atoms with Gasteiger partial charge >= 0.3 is 0 Å². The molecule has 12 heteroatoms. The summed E-state index contributed by atoms with van der Waals surface area (Å²) in [5.74, 6) is -0.217. The SMILES string of the molecule is C=C1C(C[C@@H]2O[C@H](C[C@@H](CO[Si](C)(C)C(C)(C)C)O[Si](C)(C)C(C)(C)C)[C@H](OC)C2CS(=O)(=O)c2ccccc2)O[C@@H](CCCO[Si](CC)(CC)CC)C[C@H]1C. The van der Waals surface area contributed by atoms with Crippen LogP contribution in [0.3, 0.4) is 0 Å². The van der Waals surface area contributed by atoms with Crippen molar-refractivity contribution in [2.24, 2.45) is 11.8 Å². The smallest absolute Gasteiger partial charge is 0.192 e. The minimum absolute atomic E-state index is 0.000640. The van der Waals surface area contributed by atoms with Crippen LogP contribution >= 0.6 is 0 Å². The molecule has 0 aliphatic carbocycles. The Kier molecular flexibility index (Phi) is 18.0. The second-order valence-corrected chi connectivity index (χ2v) is 36.3. The Morgan fingerprint density at radius 2 is 1.46 bits per heavy atom. The Labute approximate surface area is 346 Å². The zero-order valence-corrected chi connectivity index (χ0v) is 42.0. The fourth-order valence-electron chi connectivity index (χ4n) is 7.83. The molecule has 2 heterocycles. The molecule has 324 valence electrons. The van der Waals surface area contributed by atoms with E-state index < -0.39 is 52.9 Å². The number of benzene rings is 1. The maximum Gasteiger partial charge on any atom is 0.192 e. The van der Waals surface area contributed by atoms with Crippen molar-refractivity contribution < 1.29 is 35.9 Å². The van der Waals surface area contributed by atoms with Gasteiger partial charge in [0.2, 0.25) is 0 Å². The molecule has 8 nitrogen and oxygen atoms in total. The molecule has 0 bridgehead atoms. The third-order valence-corrected chi connectivity index (χ3v) is 29.6. The van der Waals surface area contributed by atoms with Crippen molar-refractivity contribution in [1.29, 1.82) is 0 Å². The van der Waals surface area contributed by atoms with Gasteiger partial charge in [0.1, 0.15) is 0 Å². The average molecular weight is 855 g/mol. The molecule has 0 amide bonds. The average Bonchev–Trinajstić information content (AvgIpc) is 3.42. The molecule has 2 saturated heterocycles. The Hall–Kier alpha value is -0.679. The van der Waals surface area contributed by atoms with Crippen LogP contribution < -0.4 is 0 Å². The summed E-state index contributed by atoms with van der Waals surface area (Å²) >= 11 is 0. The highest BCUT2D eigenvalue weighted by atomic mass is 32.2. The fraction of sp³-hybridized carbons (Fsp3) is 0.818. The van der Waals surface area contributed by atoms with E-state index in [1.54, 1.807) is 31.4 Å². The van der Waals surface area contributed by atoms with Crippen LogP contribution in [0.2, 0.25) is 54.4 Å². The second kappa shape index (κ2) is 20.3. The van der Waals surface area contributed by atoms with Crippen molar-refractivity contribution >= 4 is 34.8 Å². The zero-order valence-electron chi connectivity index (χ0n) is 38.2. The second-order valence-electron chi connectivity index (χ2n) is 19.9. The van der Waals surface area contributed by atoms with Gasteiger partial charge < -0.3 is 27.5 Å². The minimum atomic E-state index is -3.65. The van der Waals surface area contributed by atoms with Gasteiger partial charge in [0.15, 0.2) is 34.8 Å². The lowest BCUT2D eigenvalue weighted by molar-refractivity contribution is -0.0759. The Bertz CT molecular complexity index is 1460. The van der Waals surface area contributed by atoms with Crippen LogP contribution in [0, 0.1) is 11.8 Å².